The first-order chi connectivity index (χ1) is 10.0. The lowest BCUT2D eigenvalue weighted by Crippen LogP contribution is -2.35. The number of aromatic nitrogens is 3. The highest BCUT2D eigenvalue weighted by Crippen LogP contribution is 2.14. The smallest absolute Gasteiger partial charge is 0.308 e. The minimum Gasteiger partial charge on any atom is -0.308 e. The Bertz CT molecular complexity index is 642. The van der Waals surface area contributed by atoms with Gasteiger partial charge in [-0.2, -0.15) is 10.3 Å². The molecule has 3 N–H and O–H groups in total. The molecule has 0 bridgehead atoms. The zero-order valence-electron chi connectivity index (χ0n) is 11.6. The summed E-state index contributed by atoms with van der Waals surface area (Å²) in [5, 5.41) is 15.3. The monoisotopic (exact) mass is 305 g/mol. The molecule has 0 aliphatic heterocycles. The first-order valence-corrected chi connectivity index (χ1v) is 7.20. The summed E-state index contributed by atoms with van der Waals surface area (Å²) in [6.45, 7) is 3.95. The zero-order valence-corrected chi connectivity index (χ0v) is 12.5. The average Bonchev–Trinajstić information content (AvgIpc) is 2.94. The molecule has 2 aromatic rings. The summed E-state index contributed by atoms with van der Waals surface area (Å²) in [7, 11) is 0. The molecule has 3 amide bonds. The van der Waals surface area contributed by atoms with Crippen molar-refractivity contribution in [1.29, 1.82) is 0 Å². The fraction of sp³-hybridized carbons (Fsp3) is 0.231. The van der Waals surface area contributed by atoms with Crippen molar-refractivity contribution in [1.82, 2.24) is 20.7 Å². The highest BCUT2D eigenvalue weighted by atomic mass is 32.2. The predicted octanol–water partition coefficient (Wildman–Crippen LogP) is 1.86. The molecule has 0 radical (unpaired) electrons. The van der Waals surface area contributed by atoms with Crippen molar-refractivity contribution in [2.45, 2.75) is 18.9 Å². The minimum atomic E-state index is -0.552. The van der Waals surface area contributed by atoms with E-state index < -0.39 is 11.9 Å². The van der Waals surface area contributed by atoms with E-state index in [9.17, 15) is 9.59 Å². The summed E-state index contributed by atoms with van der Waals surface area (Å²) in [4.78, 5) is 23.3. The summed E-state index contributed by atoms with van der Waals surface area (Å²) >= 11 is 1.19. The Balaban J connectivity index is 1.80. The quantitative estimate of drug-likeness (QED) is 0.749. The van der Waals surface area contributed by atoms with Crippen molar-refractivity contribution in [3.05, 3.63) is 35.5 Å². The number of hydrogen-bond donors (Lipinski definition) is 3. The molecule has 110 valence electrons. The molecule has 0 aliphatic carbocycles. The lowest BCUT2D eigenvalue weighted by Gasteiger charge is -2.08. The zero-order chi connectivity index (χ0) is 15.2. The van der Waals surface area contributed by atoms with Gasteiger partial charge < -0.3 is 5.32 Å². The summed E-state index contributed by atoms with van der Waals surface area (Å²) in [5.74, 6) is -0.309. The first-order valence-electron chi connectivity index (χ1n) is 6.21. The van der Waals surface area contributed by atoms with Crippen molar-refractivity contribution in [3.8, 4) is 0 Å². The Morgan fingerprint density at radius 3 is 2.76 bits per heavy atom. The number of anilines is 1. The molecule has 7 nitrogen and oxygen atoms in total. The Labute approximate surface area is 125 Å². The number of carbonyl (C=O) groups is 2. The number of aryl methyl sites for hydroxylation is 2. The number of aromatic amines is 1. The second-order valence-electron chi connectivity index (χ2n) is 4.40. The Morgan fingerprint density at radius 2 is 2.10 bits per heavy atom. The normalized spacial score (nSPS) is 10.2. The minimum absolute atomic E-state index is 0.0902. The molecule has 0 aliphatic rings. The van der Waals surface area contributed by atoms with Gasteiger partial charge in [-0.15, -0.1) is 5.10 Å². The van der Waals surface area contributed by atoms with Gasteiger partial charge in [0.15, 0.2) is 0 Å². The summed E-state index contributed by atoms with van der Waals surface area (Å²) < 4.78 is 0. The van der Waals surface area contributed by atoms with Gasteiger partial charge in [0, 0.05) is 5.69 Å². The number of imide groups is 1. The van der Waals surface area contributed by atoms with Crippen LogP contribution in [-0.4, -0.2) is 33.1 Å². The lowest BCUT2D eigenvalue weighted by atomic mass is 10.1. The largest absolute Gasteiger partial charge is 0.325 e. The number of nitrogens with one attached hydrogen (secondary N) is 3. The average molecular weight is 305 g/mol. The molecule has 21 heavy (non-hydrogen) atoms. The van der Waals surface area contributed by atoms with Crippen molar-refractivity contribution >= 4 is 29.4 Å². The van der Waals surface area contributed by atoms with E-state index >= 15 is 0 Å². The third-order valence-electron chi connectivity index (χ3n) is 2.76. The summed E-state index contributed by atoms with van der Waals surface area (Å²) in [6.07, 6.45) is 1.51. The van der Waals surface area contributed by atoms with Crippen LogP contribution in [0.3, 0.4) is 0 Å². The molecular formula is C13H15N5O2S. The molecular weight excluding hydrogens is 290 g/mol. The highest BCUT2D eigenvalue weighted by molar-refractivity contribution is 7.99. The van der Waals surface area contributed by atoms with Crippen molar-refractivity contribution in [2.24, 2.45) is 0 Å². The van der Waals surface area contributed by atoms with Gasteiger partial charge in [0.25, 0.3) is 0 Å². The van der Waals surface area contributed by atoms with Crippen molar-refractivity contribution < 1.29 is 9.59 Å². The number of urea groups is 1. The first kappa shape index (κ1) is 15.0. The number of hydrogen-bond acceptors (Lipinski definition) is 5. The van der Waals surface area contributed by atoms with Gasteiger partial charge in [-0.3, -0.25) is 10.1 Å². The molecule has 2 rings (SSSR count). The van der Waals surface area contributed by atoms with Crippen LogP contribution in [0.1, 0.15) is 11.1 Å². The Morgan fingerprint density at radius 1 is 1.29 bits per heavy atom. The van der Waals surface area contributed by atoms with E-state index in [2.05, 4.69) is 26.0 Å². The molecule has 0 spiro atoms. The molecule has 8 heteroatoms. The second kappa shape index (κ2) is 6.89. The molecule has 1 aromatic heterocycles. The molecule has 0 atom stereocenters. The number of amides is 3. The van der Waals surface area contributed by atoms with E-state index in [0.717, 1.165) is 11.1 Å². The Kier molecular flexibility index (Phi) is 4.94. The summed E-state index contributed by atoms with van der Waals surface area (Å²) in [5.41, 5.74) is 2.86. The Hall–Kier alpha value is -2.35. The molecule has 0 saturated carbocycles. The number of nitrogens with zero attached hydrogens (tertiary/aromatic N) is 2. The maximum absolute atomic E-state index is 11.7. The van der Waals surface area contributed by atoms with Gasteiger partial charge in [-0.05, 0) is 37.1 Å². The van der Waals surface area contributed by atoms with Crippen LogP contribution in [0, 0.1) is 13.8 Å². The van der Waals surface area contributed by atoms with Crippen LogP contribution in [0.25, 0.3) is 0 Å². The van der Waals surface area contributed by atoms with E-state index in [-0.39, 0.29) is 5.75 Å². The molecule has 1 heterocycles. The standard InChI is InChI=1S/C13H15N5O2S/c1-8-3-4-10(5-9(8)2)15-13(20)16-11(19)7-21-12-6-14-18-17-12/h3-6H,7H2,1-2H3,(H,14,17,18)(H2,15,16,19,20). The fourth-order valence-corrected chi connectivity index (χ4v) is 2.13. The van der Waals surface area contributed by atoms with Crippen molar-refractivity contribution in [2.75, 3.05) is 11.1 Å². The van der Waals surface area contributed by atoms with Gasteiger partial charge in [-0.25, -0.2) is 4.79 Å². The maximum Gasteiger partial charge on any atom is 0.325 e. The number of thioether (sulfide) groups is 1. The van der Waals surface area contributed by atoms with Crippen LogP contribution >= 0.6 is 11.8 Å². The van der Waals surface area contributed by atoms with E-state index in [1.807, 2.05) is 26.0 Å². The van der Waals surface area contributed by atoms with E-state index in [0.29, 0.717) is 10.7 Å². The number of rotatable bonds is 4. The van der Waals surface area contributed by atoms with Gasteiger partial charge in [0.2, 0.25) is 5.91 Å². The highest BCUT2D eigenvalue weighted by Gasteiger charge is 2.09. The van der Waals surface area contributed by atoms with Gasteiger partial charge in [0.1, 0.15) is 5.03 Å². The lowest BCUT2D eigenvalue weighted by molar-refractivity contribution is -0.117. The third kappa shape index (κ3) is 4.60. The second-order valence-corrected chi connectivity index (χ2v) is 5.39. The van der Waals surface area contributed by atoms with Crippen LogP contribution in [0.15, 0.2) is 29.4 Å². The topological polar surface area (TPSA) is 99.8 Å². The molecule has 0 saturated heterocycles. The SMILES string of the molecule is Cc1ccc(NC(=O)NC(=O)CSc2cn[nH]n2)cc1C. The van der Waals surface area contributed by atoms with Crippen LogP contribution < -0.4 is 10.6 Å². The van der Waals surface area contributed by atoms with Crippen molar-refractivity contribution in [3.63, 3.8) is 0 Å². The third-order valence-corrected chi connectivity index (χ3v) is 3.66. The number of carbonyl (C=O) groups excluding carboxylic acids is 2. The fourth-order valence-electron chi connectivity index (χ4n) is 1.54. The van der Waals surface area contributed by atoms with Crippen LogP contribution in [0.2, 0.25) is 0 Å². The van der Waals surface area contributed by atoms with E-state index in [1.165, 1.54) is 18.0 Å². The molecule has 0 fully saturated rings. The molecule has 1 aromatic carbocycles. The summed E-state index contributed by atoms with van der Waals surface area (Å²) in [6, 6.07) is 5.00. The number of H-pyrrole nitrogens is 1. The van der Waals surface area contributed by atoms with Gasteiger partial charge in [-0.1, -0.05) is 17.8 Å². The van der Waals surface area contributed by atoms with Gasteiger partial charge >= 0.3 is 6.03 Å². The van der Waals surface area contributed by atoms with Crippen LogP contribution in [0.4, 0.5) is 10.5 Å². The van der Waals surface area contributed by atoms with Crippen LogP contribution in [0.5, 0.6) is 0 Å². The van der Waals surface area contributed by atoms with Crippen LogP contribution in [-0.2, 0) is 4.79 Å². The molecule has 0 unspecified atom stereocenters. The van der Waals surface area contributed by atoms with E-state index in [1.54, 1.807) is 6.07 Å². The predicted molar refractivity (Wildman–Crippen MR) is 80.2 cm³/mol. The maximum atomic E-state index is 11.7. The van der Waals surface area contributed by atoms with E-state index in [4.69, 9.17) is 0 Å². The van der Waals surface area contributed by atoms with Gasteiger partial charge in [0.05, 0.1) is 11.9 Å². The number of benzene rings is 1.